The highest BCUT2D eigenvalue weighted by molar-refractivity contribution is 5.46. The van der Waals surface area contributed by atoms with E-state index >= 15 is 0 Å². The second kappa shape index (κ2) is 9.06. The molecule has 3 heteroatoms. The number of benzene rings is 1. The molecule has 1 aliphatic rings. The van der Waals surface area contributed by atoms with E-state index in [0.717, 1.165) is 32.8 Å². The fraction of sp³-hybridized carbons (Fsp3) is 0.667. The molecule has 2 rings (SSSR count). The van der Waals surface area contributed by atoms with Crippen molar-refractivity contribution in [1.29, 1.82) is 0 Å². The van der Waals surface area contributed by atoms with Crippen molar-refractivity contribution in [1.82, 2.24) is 5.32 Å². The van der Waals surface area contributed by atoms with Crippen LogP contribution in [0, 0.1) is 5.92 Å². The van der Waals surface area contributed by atoms with Crippen molar-refractivity contribution < 1.29 is 4.74 Å². The fourth-order valence-corrected chi connectivity index (χ4v) is 3.06. The molecule has 0 aromatic heterocycles. The molecule has 0 amide bonds. The molecule has 1 aliphatic heterocycles. The molecular weight excluding hydrogens is 260 g/mol. The summed E-state index contributed by atoms with van der Waals surface area (Å²) in [6.45, 7) is 9.53. The largest absolute Gasteiger partial charge is 0.381 e. The molecule has 21 heavy (non-hydrogen) atoms. The molecule has 118 valence electrons. The molecular formula is C18H30N2O. The Hall–Kier alpha value is -1.06. The molecule has 3 nitrogen and oxygen atoms in total. The number of rotatable bonds is 9. The van der Waals surface area contributed by atoms with E-state index in [1.807, 2.05) is 0 Å². The molecule has 0 saturated carbocycles. The Morgan fingerprint density at radius 1 is 1.29 bits per heavy atom. The lowest BCUT2D eigenvalue weighted by atomic mass is 9.98. The van der Waals surface area contributed by atoms with E-state index in [2.05, 4.69) is 54.4 Å². The highest BCUT2D eigenvalue weighted by Crippen LogP contribution is 2.21. The standard InChI is InChI=1S/C18H30N2O/c1-3-5-12-20(17-9-7-6-8-10-17)14-18(19-4-2)16-11-13-21-15-16/h6-10,16,18-19H,3-5,11-15H2,1-2H3. The third-order valence-corrected chi connectivity index (χ3v) is 4.32. The Kier molecular flexibility index (Phi) is 7.04. The first-order chi connectivity index (χ1) is 10.3. The summed E-state index contributed by atoms with van der Waals surface area (Å²) in [5.41, 5.74) is 1.34. The lowest BCUT2D eigenvalue weighted by Gasteiger charge is -2.32. The number of para-hydroxylation sites is 1. The Morgan fingerprint density at radius 2 is 2.10 bits per heavy atom. The lowest BCUT2D eigenvalue weighted by Crippen LogP contribution is -2.46. The first-order valence-corrected chi connectivity index (χ1v) is 8.46. The Morgan fingerprint density at radius 3 is 2.71 bits per heavy atom. The summed E-state index contributed by atoms with van der Waals surface area (Å²) in [6, 6.07) is 11.3. The van der Waals surface area contributed by atoms with E-state index in [0.29, 0.717) is 12.0 Å². The first-order valence-electron chi connectivity index (χ1n) is 8.46. The minimum absolute atomic E-state index is 0.523. The third-order valence-electron chi connectivity index (χ3n) is 4.32. The van der Waals surface area contributed by atoms with E-state index in [1.165, 1.54) is 24.9 Å². The van der Waals surface area contributed by atoms with E-state index in [4.69, 9.17) is 4.74 Å². The molecule has 2 atom stereocenters. The van der Waals surface area contributed by atoms with Crippen molar-refractivity contribution in [3.63, 3.8) is 0 Å². The second-order valence-electron chi connectivity index (χ2n) is 5.92. The molecule has 1 aromatic carbocycles. The zero-order chi connectivity index (χ0) is 14.9. The summed E-state index contributed by atoms with van der Waals surface area (Å²) in [5.74, 6) is 0.651. The van der Waals surface area contributed by atoms with Gasteiger partial charge in [0, 0.05) is 37.3 Å². The van der Waals surface area contributed by atoms with Crippen LogP contribution in [-0.4, -0.2) is 38.9 Å². The summed E-state index contributed by atoms with van der Waals surface area (Å²) >= 11 is 0. The van der Waals surface area contributed by atoms with Gasteiger partial charge in [0.15, 0.2) is 0 Å². The van der Waals surface area contributed by atoms with Gasteiger partial charge in [-0.3, -0.25) is 0 Å². The van der Waals surface area contributed by atoms with E-state index < -0.39 is 0 Å². The van der Waals surface area contributed by atoms with Crippen LogP contribution in [0.3, 0.4) is 0 Å². The maximum Gasteiger partial charge on any atom is 0.0510 e. The average molecular weight is 290 g/mol. The smallest absolute Gasteiger partial charge is 0.0510 e. The monoisotopic (exact) mass is 290 g/mol. The molecule has 1 N–H and O–H groups in total. The molecule has 2 unspecified atom stereocenters. The number of hydrogen-bond acceptors (Lipinski definition) is 3. The van der Waals surface area contributed by atoms with Gasteiger partial charge in [0.2, 0.25) is 0 Å². The van der Waals surface area contributed by atoms with E-state index in [-0.39, 0.29) is 0 Å². The van der Waals surface area contributed by atoms with Crippen LogP contribution in [0.5, 0.6) is 0 Å². The highest BCUT2D eigenvalue weighted by Gasteiger charge is 2.26. The lowest BCUT2D eigenvalue weighted by molar-refractivity contribution is 0.177. The van der Waals surface area contributed by atoms with Gasteiger partial charge in [0.1, 0.15) is 0 Å². The van der Waals surface area contributed by atoms with Gasteiger partial charge in [0.05, 0.1) is 6.61 Å². The Balaban J connectivity index is 2.03. The molecule has 1 heterocycles. The number of nitrogens with one attached hydrogen (secondary N) is 1. The molecule has 0 bridgehead atoms. The van der Waals surface area contributed by atoms with Crippen LogP contribution in [0.4, 0.5) is 5.69 Å². The van der Waals surface area contributed by atoms with Gasteiger partial charge < -0.3 is 15.0 Å². The van der Waals surface area contributed by atoms with Crippen molar-refractivity contribution in [2.75, 3.05) is 37.7 Å². The number of hydrogen-bond donors (Lipinski definition) is 1. The average Bonchev–Trinajstić information content (AvgIpc) is 3.05. The van der Waals surface area contributed by atoms with Crippen LogP contribution >= 0.6 is 0 Å². The predicted octanol–water partition coefficient (Wildman–Crippen LogP) is 3.31. The fourth-order valence-electron chi connectivity index (χ4n) is 3.06. The van der Waals surface area contributed by atoms with Crippen molar-refractivity contribution in [3.05, 3.63) is 30.3 Å². The maximum atomic E-state index is 5.59. The van der Waals surface area contributed by atoms with Crippen LogP contribution < -0.4 is 10.2 Å². The van der Waals surface area contributed by atoms with Crippen LogP contribution in [0.2, 0.25) is 0 Å². The summed E-state index contributed by atoms with van der Waals surface area (Å²) in [6.07, 6.45) is 3.67. The number of nitrogens with zero attached hydrogens (tertiary/aromatic N) is 1. The summed E-state index contributed by atoms with van der Waals surface area (Å²) in [7, 11) is 0. The summed E-state index contributed by atoms with van der Waals surface area (Å²) < 4.78 is 5.59. The molecule has 0 radical (unpaired) electrons. The summed E-state index contributed by atoms with van der Waals surface area (Å²) in [5, 5.41) is 3.68. The van der Waals surface area contributed by atoms with Gasteiger partial charge in [0.25, 0.3) is 0 Å². The number of unbranched alkanes of at least 4 members (excludes halogenated alkanes) is 1. The molecule has 1 aromatic rings. The van der Waals surface area contributed by atoms with E-state index in [9.17, 15) is 0 Å². The molecule has 1 saturated heterocycles. The van der Waals surface area contributed by atoms with Crippen molar-refractivity contribution in [3.8, 4) is 0 Å². The zero-order valence-corrected chi connectivity index (χ0v) is 13.6. The second-order valence-corrected chi connectivity index (χ2v) is 5.92. The van der Waals surface area contributed by atoms with Gasteiger partial charge in [-0.25, -0.2) is 0 Å². The number of likely N-dealkylation sites (N-methyl/N-ethyl adjacent to an activating group) is 1. The van der Waals surface area contributed by atoms with Crippen LogP contribution in [0.25, 0.3) is 0 Å². The van der Waals surface area contributed by atoms with Crippen molar-refractivity contribution in [2.45, 2.75) is 39.2 Å². The third kappa shape index (κ3) is 5.01. The van der Waals surface area contributed by atoms with Gasteiger partial charge in [-0.15, -0.1) is 0 Å². The van der Waals surface area contributed by atoms with Crippen LogP contribution in [0.15, 0.2) is 30.3 Å². The quantitative estimate of drug-likeness (QED) is 0.755. The highest BCUT2D eigenvalue weighted by atomic mass is 16.5. The Bertz CT molecular complexity index is 376. The predicted molar refractivity (Wildman–Crippen MR) is 90.0 cm³/mol. The topological polar surface area (TPSA) is 24.5 Å². The van der Waals surface area contributed by atoms with E-state index in [1.54, 1.807) is 0 Å². The zero-order valence-electron chi connectivity index (χ0n) is 13.6. The Labute approximate surface area is 129 Å². The molecule has 0 aliphatic carbocycles. The molecule has 1 fully saturated rings. The maximum absolute atomic E-state index is 5.59. The minimum atomic E-state index is 0.523. The van der Waals surface area contributed by atoms with Crippen molar-refractivity contribution in [2.24, 2.45) is 5.92 Å². The van der Waals surface area contributed by atoms with Crippen LogP contribution in [0.1, 0.15) is 33.1 Å². The number of anilines is 1. The van der Waals surface area contributed by atoms with Gasteiger partial charge in [-0.05, 0) is 31.5 Å². The first kappa shape index (κ1) is 16.3. The van der Waals surface area contributed by atoms with Crippen LogP contribution in [-0.2, 0) is 4.74 Å². The van der Waals surface area contributed by atoms with Gasteiger partial charge in [-0.1, -0.05) is 38.5 Å². The van der Waals surface area contributed by atoms with Gasteiger partial charge in [-0.2, -0.15) is 0 Å². The number of ether oxygens (including phenoxy) is 1. The minimum Gasteiger partial charge on any atom is -0.381 e. The summed E-state index contributed by atoms with van der Waals surface area (Å²) in [4.78, 5) is 2.54. The van der Waals surface area contributed by atoms with Gasteiger partial charge >= 0.3 is 0 Å². The molecule has 0 spiro atoms. The SMILES string of the molecule is CCCCN(CC(NCC)C1CCOC1)c1ccccc1. The van der Waals surface area contributed by atoms with Crippen molar-refractivity contribution >= 4 is 5.69 Å². The normalized spacial score (nSPS) is 19.6.